The number of hydrogen-bond donors (Lipinski definition) is 2. The molecule has 0 saturated heterocycles. The molecule has 12 nitrogen and oxygen atoms in total. The summed E-state index contributed by atoms with van der Waals surface area (Å²) in [5.41, 5.74) is 9.61. The fraction of sp³-hybridized carbons (Fsp3) is 0.412. The van der Waals surface area contributed by atoms with Crippen LogP contribution in [0.25, 0.3) is 5.82 Å². The smallest absolute Gasteiger partial charge is 0.293 e. The number of furan rings is 1. The molecular weight excluding hydrogens is 378 g/mol. The van der Waals surface area contributed by atoms with Gasteiger partial charge < -0.3 is 10.2 Å². The SMILES string of the molecule is CCCN(CCC)Cc1c(C(=O)N/N=C\c2ccoc2)nnn1-c1nonc1N. The van der Waals surface area contributed by atoms with E-state index < -0.39 is 5.91 Å². The van der Waals surface area contributed by atoms with Gasteiger partial charge in [-0.05, 0) is 42.3 Å². The summed E-state index contributed by atoms with van der Waals surface area (Å²) in [6, 6.07) is 1.71. The molecule has 0 spiro atoms. The van der Waals surface area contributed by atoms with Gasteiger partial charge in [0.05, 0.1) is 24.4 Å². The van der Waals surface area contributed by atoms with Gasteiger partial charge in [0, 0.05) is 12.1 Å². The monoisotopic (exact) mass is 401 g/mol. The van der Waals surface area contributed by atoms with Crippen molar-refractivity contribution in [2.45, 2.75) is 33.2 Å². The molecule has 154 valence electrons. The van der Waals surface area contributed by atoms with Gasteiger partial charge in [0.15, 0.2) is 5.69 Å². The van der Waals surface area contributed by atoms with Crippen molar-refractivity contribution in [1.82, 2.24) is 35.6 Å². The minimum Gasteiger partial charge on any atom is -0.472 e. The third-order valence-corrected chi connectivity index (χ3v) is 4.05. The summed E-state index contributed by atoms with van der Waals surface area (Å²) >= 11 is 0. The highest BCUT2D eigenvalue weighted by Gasteiger charge is 2.25. The number of hydrogen-bond acceptors (Lipinski definition) is 10. The Morgan fingerprint density at radius 2 is 2.14 bits per heavy atom. The topological polar surface area (TPSA) is 153 Å². The van der Waals surface area contributed by atoms with Gasteiger partial charge in [0.25, 0.3) is 5.91 Å². The minimum absolute atomic E-state index is 0.0543. The first-order valence-corrected chi connectivity index (χ1v) is 9.25. The zero-order chi connectivity index (χ0) is 20.6. The molecule has 0 aromatic carbocycles. The lowest BCUT2D eigenvalue weighted by molar-refractivity contribution is 0.0947. The van der Waals surface area contributed by atoms with E-state index in [1.54, 1.807) is 6.07 Å². The molecule has 0 bridgehead atoms. The van der Waals surface area contributed by atoms with Crippen molar-refractivity contribution in [1.29, 1.82) is 0 Å². The fourth-order valence-electron chi connectivity index (χ4n) is 2.81. The van der Waals surface area contributed by atoms with Crippen molar-refractivity contribution in [3.05, 3.63) is 35.5 Å². The summed E-state index contributed by atoms with van der Waals surface area (Å²) in [7, 11) is 0. The molecule has 0 fully saturated rings. The summed E-state index contributed by atoms with van der Waals surface area (Å²) in [6.07, 6.45) is 6.41. The number of carbonyl (C=O) groups is 1. The van der Waals surface area contributed by atoms with Crippen molar-refractivity contribution in [2.24, 2.45) is 5.10 Å². The summed E-state index contributed by atoms with van der Waals surface area (Å²) in [6.45, 7) is 6.32. The van der Waals surface area contributed by atoms with E-state index in [1.807, 2.05) is 0 Å². The molecule has 3 heterocycles. The molecule has 0 atom stereocenters. The number of carbonyl (C=O) groups excluding carboxylic acids is 1. The number of hydrazone groups is 1. The number of nitrogens with two attached hydrogens (primary N) is 1. The Kier molecular flexibility index (Phi) is 6.68. The maximum Gasteiger partial charge on any atom is 0.293 e. The van der Waals surface area contributed by atoms with E-state index in [-0.39, 0.29) is 17.3 Å². The zero-order valence-electron chi connectivity index (χ0n) is 16.3. The van der Waals surface area contributed by atoms with Gasteiger partial charge in [-0.3, -0.25) is 9.69 Å². The van der Waals surface area contributed by atoms with E-state index in [9.17, 15) is 4.79 Å². The fourth-order valence-corrected chi connectivity index (χ4v) is 2.81. The van der Waals surface area contributed by atoms with Crippen LogP contribution >= 0.6 is 0 Å². The summed E-state index contributed by atoms with van der Waals surface area (Å²) in [5, 5.41) is 19.3. The molecule has 12 heteroatoms. The highest BCUT2D eigenvalue weighted by molar-refractivity contribution is 5.94. The summed E-state index contributed by atoms with van der Waals surface area (Å²) in [5.74, 6) is -0.269. The average molecular weight is 401 g/mol. The first-order valence-electron chi connectivity index (χ1n) is 9.25. The molecule has 0 aliphatic rings. The molecule has 0 saturated carbocycles. The molecular formula is C17H23N9O3. The van der Waals surface area contributed by atoms with E-state index in [1.165, 1.54) is 23.4 Å². The molecule has 3 N–H and O–H groups in total. The van der Waals surface area contributed by atoms with Crippen LogP contribution in [0.15, 0.2) is 32.7 Å². The van der Waals surface area contributed by atoms with Gasteiger partial charge in [0.1, 0.15) is 0 Å². The van der Waals surface area contributed by atoms with Crippen LogP contribution in [0.3, 0.4) is 0 Å². The van der Waals surface area contributed by atoms with Crippen LogP contribution in [0.1, 0.15) is 48.4 Å². The number of nitrogen functional groups attached to an aromatic ring is 1. The number of aromatic nitrogens is 5. The number of nitrogens with one attached hydrogen (secondary N) is 1. The average Bonchev–Trinajstić information content (AvgIpc) is 3.43. The molecule has 29 heavy (non-hydrogen) atoms. The third kappa shape index (κ3) is 4.85. The Balaban J connectivity index is 1.88. The van der Waals surface area contributed by atoms with Crippen molar-refractivity contribution >= 4 is 17.9 Å². The number of anilines is 1. The molecule has 0 aliphatic carbocycles. The second-order valence-electron chi connectivity index (χ2n) is 6.30. The Hall–Kier alpha value is -3.54. The van der Waals surface area contributed by atoms with Crippen molar-refractivity contribution in [3.8, 4) is 5.82 Å². The van der Waals surface area contributed by atoms with E-state index >= 15 is 0 Å². The Morgan fingerprint density at radius 3 is 2.76 bits per heavy atom. The normalized spacial score (nSPS) is 11.6. The second kappa shape index (κ2) is 9.59. The molecule has 1 amide bonds. The van der Waals surface area contributed by atoms with Crippen LogP contribution < -0.4 is 11.2 Å². The van der Waals surface area contributed by atoms with Crippen LogP contribution in [-0.2, 0) is 6.54 Å². The van der Waals surface area contributed by atoms with Crippen LogP contribution in [0.4, 0.5) is 5.82 Å². The number of amides is 1. The molecule has 0 radical (unpaired) electrons. The van der Waals surface area contributed by atoms with E-state index in [4.69, 9.17) is 10.2 Å². The third-order valence-electron chi connectivity index (χ3n) is 4.05. The van der Waals surface area contributed by atoms with Crippen LogP contribution in [0, 0.1) is 0 Å². The zero-order valence-corrected chi connectivity index (χ0v) is 16.3. The first kappa shape index (κ1) is 20.2. The van der Waals surface area contributed by atoms with E-state index in [0.29, 0.717) is 17.8 Å². The van der Waals surface area contributed by atoms with Crippen LogP contribution in [-0.4, -0.2) is 55.4 Å². The van der Waals surface area contributed by atoms with Gasteiger partial charge in [-0.2, -0.15) is 9.78 Å². The maximum absolute atomic E-state index is 12.7. The van der Waals surface area contributed by atoms with Crippen LogP contribution in [0.5, 0.6) is 0 Å². The van der Waals surface area contributed by atoms with Gasteiger partial charge >= 0.3 is 0 Å². The molecule has 0 unspecified atom stereocenters. The van der Waals surface area contributed by atoms with Crippen molar-refractivity contribution < 1.29 is 13.8 Å². The summed E-state index contributed by atoms with van der Waals surface area (Å²) < 4.78 is 11.0. The number of rotatable bonds is 10. The van der Waals surface area contributed by atoms with Gasteiger partial charge in [-0.25, -0.2) is 10.1 Å². The van der Waals surface area contributed by atoms with Crippen molar-refractivity contribution in [2.75, 3.05) is 18.8 Å². The Morgan fingerprint density at radius 1 is 1.34 bits per heavy atom. The molecule has 0 aliphatic heterocycles. The van der Waals surface area contributed by atoms with Crippen LogP contribution in [0.2, 0.25) is 0 Å². The van der Waals surface area contributed by atoms with Gasteiger partial charge in [-0.1, -0.05) is 19.1 Å². The maximum atomic E-state index is 12.7. The highest BCUT2D eigenvalue weighted by atomic mass is 16.6. The molecule has 3 aromatic rings. The lowest BCUT2D eigenvalue weighted by Crippen LogP contribution is -2.28. The van der Waals surface area contributed by atoms with E-state index in [2.05, 4.69) is 54.5 Å². The quantitative estimate of drug-likeness (QED) is 0.377. The lowest BCUT2D eigenvalue weighted by atomic mass is 10.2. The predicted octanol–water partition coefficient (Wildman–Crippen LogP) is 1.21. The second-order valence-corrected chi connectivity index (χ2v) is 6.30. The molecule has 3 rings (SSSR count). The Labute approximate surface area is 166 Å². The Bertz CT molecular complexity index is 939. The lowest BCUT2D eigenvalue weighted by Gasteiger charge is -2.21. The first-order chi connectivity index (χ1) is 14.1. The predicted molar refractivity (Wildman–Crippen MR) is 103 cm³/mol. The molecule has 3 aromatic heterocycles. The standard InChI is InChI=1S/C17H23N9O3/c1-3-6-25(7-4-2)10-13-14(17(27)21-19-9-12-5-8-28-11-12)20-24-26(13)16-15(18)22-29-23-16/h5,8-9,11H,3-4,6-7,10H2,1-2H3,(H2,18,22)(H,21,27)/b19-9-. The highest BCUT2D eigenvalue weighted by Crippen LogP contribution is 2.18. The van der Waals surface area contributed by atoms with E-state index in [0.717, 1.165) is 25.9 Å². The largest absolute Gasteiger partial charge is 0.472 e. The van der Waals surface area contributed by atoms with Gasteiger partial charge in [0.2, 0.25) is 11.6 Å². The number of nitrogens with zero attached hydrogens (tertiary/aromatic N) is 7. The minimum atomic E-state index is -0.506. The summed E-state index contributed by atoms with van der Waals surface area (Å²) in [4.78, 5) is 14.9. The van der Waals surface area contributed by atoms with Gasteiger partial charge in [-0.15, -0.1) is 5.10 Å². The van der Waals surface area contributed by atoms with Crippen molar-refractivity contribution in [3.63, 3.8) is 0 Å².